The third-order valence-corrected chi connectivity index (χ3v) is 4.38. The van der Waals surface area contributed by atoms with Crippen LogP contribution in [0.3, 0.4) is 0 Å². The Balaban J connectivity index is 1.57. The molecule has 5 heteroatoms. The second-order valence-electron chi connectivity index (χ2n) is 5.13. The van der Waals surface area contributed by atoms with Crippen LogP contribution in [0.15, 0.2) is 48.5 Å². The number of aryl methyl sites for hydroxylation is 1. The van der Waals surface area contributed by atoms with E-state index in [9.17, 15) is 4.79 Å². The number of benzene rings is 2. The SMILES string of the molecule is Cc1ccc(OCC(=O)NCCSCc2cccc(Cl)c2)cc1. The summed E-state index contributed by atoms with van der Waals surface area (Å²) in [5.74, 6) is 2.34. The van der Waals surface area contributed by atoms with Crippen LogP contribution in [0.5, 0.6) is 5.75 Å². The minimum Gasteiger partial charge on any atom is -0.484 e. The Morgan fingerprint density at radius 3 is 2.74 bits per heavy atom. The maximum atomic E-state index is 11.7. The molecule has 0 radical (unpaired) electrons. The molecule has 0 heterocycles. The summed E-state index contributed by atoms with van der Waals surface area (Å²) in [4.78, 5) is 11.7. The molecule has 0 spiro atoms. The van der Waals surface area contributed by atoms with Gasteiger partial charge in [0.1, 0.15) is 5.75 Å². The van der Waals surface area contributed by atoms with Gasteiger partial charge in [0.25, 0.3) is 5.91 Å². The molecule has 3 nitrogen and oxygen atoms in total. The number of carbonyl (C=O) groups is 1. The number of hydrogen-bond acceptors (Lipinski definition) is 3. The highest BCUT2D eigenvalue weighted by atomic mass is 35.5. The van der Waals surface area contributed by atoms with E-state index < -0.39 is 0 Å². The van der Waals surface area contributed by atoms with Crippen LogP contribution < -0.4 is 10.1 Å². The molecule has 2 aromatic rings. The van der Waals surface area contributed by atoms with Crippen molar-refractivity contribution in [2.45, 2.75) is 12.7 Å². The zero-order valence-electron chi connectivity index (χ0n) is 13.0. The van der Waals surface area contributed by atoms with E-state index in [1.54, 1.807) is 11.8 Å². The fraction of sp³-hybridized carbons (Fsp3) is 0.278. The molecule has 0 aliphatic heterocycles. The van der Waals surface area contributed by atoms with E-state index in [0.717, 1.165) is 16.5 Å². The van der Waals surface area contributed by atoms with Crippen LogP contribution in [0.1, 0.15) is 11.1 Å². The van der Waals surface area contributed by atoms with Crippen LogP contribution in [-0.2, 0) is 10.5 Å². The van der Waals surface area contributed by atoms with Crippen LogP contribution in [0.25, 0.3) is 0 Å². The molecule has 0 bridgehead atoms. The van der Waals surface area contributed by atoms with Crippen molar-refractivity contribution in [1.29, 1.82) is 0 Å². The van der Waals surface area contributed by atoms with Crippen molar-refractivity contribution in [3.8, 4) is 5.75 Å². The fourth-order valence-electron chi connectivity index (χ4n) is 1.91. The molecular weight excluding hydrogens is 330 g/mol. The molecule has 122 valence electrons. The highest BCUT2D eigenvalue weighted by Crippen LogP contribution is 2.16. The van der Waals surface area contributed by atoms with Crippen molar-refractivity contribution < 1.29 is 9.53 Å². The number of thioether (sulfide) groups is 1. The second-order valence-corrected chi connectivity index (χ2v) is 6.68. The summed E-state index contributed by atoms with van der Waals surface area (Å²) in [5.41, 5.74) is 2.36. The minimum absolute atomic E-state index is 0.0437. The van der Waals surface area contributed by atoms with E-state index in [0.29, 0.717) is 12.3 Å². The number of amides is 1. The summed E-state index contributed by atoms with van der Waals surface area (Å²) >= 11 is 7.70. The van der Waals surface area contributed by atoms with E-state index >= 15 is 0 Å². The number of hydrogen-bond donors (Lipinski definition) is 1. The zero-order chi connectivity index (χ0) is 16.5. The monoisotopic (exact) mass is 349 g/mol. The fourth-order valence-corrected chi connectivity index (χ4v) is 2.93. The molecule has 0 saturated heterocycles. The van der Waals surface area contributed by atoms with E-state index in [1.165, 1.54) is 11.1 Å². The molecule has 23 heavy (non-hydrogen) atoms. The number of ether oxygens (including phenoxy) is 1. The third kappa shape index (κ3) is 6.97. The van der Waals surface area contributed by atoms with Crippen LogP contribution in [0.2, 0.25) is 5.02 Å². The molecule has 0 aliphatic carbocycles. The summed E-state index contributed by atoms with van der Waals surface area (Å²) in [6.07, 6.45) is 0. The summed E-state index contributed by atoms with van der Waals surface area (Å²) in [7, 11) is 0. The van der Waals surface area contributed by atoms with Crippen molar-refractivity contribution in [2.24, 2.45) is 0 Å². The molecule has 0 atom stereocenters. The van der Waals surface area contributed by atoms with Crippen LogP contribution in [0, 0.1) is 6.92 Å². The van der Waals surface area contributed by atoms with Gasteiger partial charge in [-0.25, -0.2) is 0 Å². The van der Waals surface area contributed by atoms with Crippen molar-refractivity contribution >= 4 is 29.3 Å². The Morgan fingerprint density at radius 2 is 2.00 bits per heavy atom. The first kappa shape index (κ1) is 17.7. The summed E-state index contributed by atoms with van der Waals surface area (Å²) in [6.45, 7) is 2.68. The molecule has 2 rings (SSSR count). The summed E-state index contributed by atoms with van der Waals surface area (Å²) in [5, 5.41) is 3.61. The van der Waals surface area contributed by atoms with E-state index in [2.05, 4.69) is 5.32 Å². The van der Waals surface area contributed by atoms with Gasteiger partial charge in [0.2, 0.25) is 0 Å². The largest absolute Gasteiger partial charge is 0.484 e. The standard InChI is InChI=1S/C18H20ClNO2S/c1-14-5-7-17(8-6-14)22-12-18(21)20-9-10-23-13-15-3-2-4-16(19)11-15/h2-8,11H,9-10,12-13H2,1H3,(H,20,21). The first-order valence-electron chi connectivity index (χ1n) is 7.42. The number of carbonyl (C=O) groups excluding carboxylic acids is 1. The lowest BCUT2D eigenvalue weighted by molar-refractivity contribution is -0.122. The normalized spacial score (nSPS) is 10.3. The Hall–Kier alpha value is -1.65. The first-order chi connectivity index (χ1) is 11.1. The van der Waals surface area contributed by atoms with Gasteiger partial charge in [0.05, 0.1) is 0 Å². The lowest BCUT2D eigenvalue weighted by Crippen LogP contribution is -2.30. The Bertz CT molecular complexity index is 631. The molecular formula is C18H20ClNO2S. The minimum atomic E-state index is -0.103. The molecule has 0 saturated carbocycles. The topological polar surface area (TPSA) is 38.3 Å². The number of nitrogens with one attached hydrogen (secondary N) is 1. The highest BCUT2D eigenvalue weighted by molar-refractivity contribution is 7.98. The van der Waals surface area contributed by atoms with Crippen LogP contribution in [-0.4, -0.2) is 24.8 Å². The molecule has 0 unspecified atom stereocenters. The zero-order valence-corrected chi connectivity index (χ0v) is 14.6. The Labute approximate surface area is 146 Å². The maximum Gasteiger partial charge on any atom is 0.257 e. The first-order valence-corrected chi connectivity index (χ1v) is 8.95. The molecule has 0 aromatic heterocycles. The predicted octanol–water partition coefficient (Wildman–Crippen LogP) is 4.08. The van der Waals surface area contributed by atoms with Gasteiger partial charge in [0, 0.05) is 23.1 Å². The summed E-state index contributed by atoms with van der Waals surface area (Å²) in [6, 6.07) is 15.5. The van der Waals surface area contributed by atoms with Crippen molar-refractivity contribution in [3.63, 3.8) is 0 Å². The van der Waals surface area contributed by atoms with Crippen molar-refractivity contribution in [2.75, 3.05) is 18.9 Å². The van der Waals surface area contributed by atoms with E-state index in [-0.39, 0.29) is 12.5 Å². The van der Waals surface area contributed by atoms with Gasteiger partial charge in [-0.15, -0.1) is 0 Å². The van der Waals surface area contributed by atoms with Gasteiger partial charge in [-0.2, -0.15) is 11.8 Å². The van der Waals surface area contributed by atoms with E-state index in [1.807, 2.05) is 55.5 Å². The maximum absolute atomic E-state index is 11.7. The molecule has 0 fully saturated rings. The lowest BCUT2D eigenvalue weighted by atomic mass is 10.2. The van der Waals surface area contributed by atoms with Gasteiger partial charge >= 0.3 is 0 Å². The van der Waals surface area contributed by atoms with Gasteiger partial charge in [-0.05, 0) is 36.8 Å². The summed E-state index contributed by atoms with van der Waals surface area (Å²) < 4.78 is 5.43. The Morgan fingerprint density at radius 1 is 1.22 bits per heavy atom. The Kier molecular flexibility index (Phi) is 7.30. The molecule has 1 amide bonds. The smallest absolute Gasteiger partial charge is 0.257 e. The number of rotatable bonds is 8. The van der Waals surface area contributed by atoms with Gasteiger partial charge < -0.3 is 10.1 Å². The average Bonchev–Trinajstić information content (AvgIpc) is 2.54. The van der Waals surface area contributed by atoms with Crippen LogP contribution in [0.4, 0.5) is 0 Å². The molecule has 1 N–H and O–H groups in total. The predicted molar refractivity (Wildman–Crippen MR) is 97.3 cm³/mol. The van der Waals surface area contributed by atoms with Crippen molar-refractivity contribution in [1.82, 2.24) is 5.32 Å². The van der Waals surface area contributed by atoms with Gasteiger partial charge in [-0.1, -0.05) is 41.4 Å². The van der Waals surface area contributed by atoms with Gasteiger partial charge in [0.15, 0.2) is 6.61 Å². The van der Waals surface area contributed by atoms with Crippen molar-refractivity contribution in [3.05, 3.63) is 64.7 Å². The van der Waals surface area contributed by atoms with Gasteiger partial charge in [-0.3, -0.25) is 4.79 Å². The second kappa shape index (κ2) is 9.48. The van der Waals surface area contributed by atoms with E-state index in [4.69, 9.17) is 16.3 Å². The quantitative estimate of drug-likeness (QED) is 0.730. The van der Waals surface area contributed by atoms with Crippen LogP contribution >= 0.6 is 23.4 Å². The molecule has 2 aromatic carbocycles. The third-order valence-electron chi connectivity index (χ3n) is 3.12. The molecule has 0 aliphatic rings. The lowest BCUT2D eigenvalue weighted by Gasteiger charge is -2.08. The number of halogens is 1. The highest BCUT2D eigenvalue weighted by Gasteiger charge is 2.02. The average molecular weight is 350 g/mol.